The third-order valence-electron chi connectivity index (χ3n) is 2.43. The van der Waals surface area contributed by atoms with Gasteiger partial charge in [0.15, 0.2) is 0 Å². The highest BCUT2D eigenvalue weighted by molar-refractivity contribution is 9.10. The third kappa shape index (κ3) is 5.35. The van der Waals surface area contributed by atoms with Gasteiger partial charge in [-0.25, -0.2) is 18.1 Å². The average molecular weight is 371 g/mol. The van der Waals surface area contributed by atoms with E-state index in [1.165, 1.54) is 12.3 Å². The SMILES string of the molecule is CC(CCN(C)C)NS(=O)(=O)c1cc(Br)cnc1Cl. The van der Waals surface area contributed by atoms with E-state index < -0.39 is 10.0 Å². The Balaban J connectivity index is 2.83. The molecule has 0 saturated heterocycles. The van der Waals surface area contributed by atoms with Crippen LogP contribution in [0.1, 0.15) is 13.3 Å². The van der Waals surface area contributed by atoms with Crippen molar-refractivity contribution < 1.29 is 8.42 Å². The lowest BCUT2D eigenvalue weighted by atomic mass is 10.2. The van der Waals surface area contributed by atoms with E-state index in [2.05, 4.69) is 25.6 Å². The molecular formula is C11H17BrClN3O2S. The van der Waals surface area contributed by atoms with Gasteiger partial charge < -0.3 is 4.90 Å². The summed E-state index contributed by atoms with van der Waals surface area (Å²) in [6.45, 7) is 2.62. The van der Waals surface area contributed by atoms with Gasteiger partial charge in [0.05, 0.1) is 0 Å². The molecule has 1 heterocycles. The summed E-state index contributed by atoms with van der Waals surface area (Å²) < 4.78 is 27.5. The first-order valence-electron chi connectivity index (χ1n) is 5.70. The van der Waals surface area contributed by atoms with E-state index in [-0.39, 0.29) is 16.1 Å². The standard InChI is InChI=1S/C11H17BrClN3O2S/c1-8(4-5-16(2)3)15-19(17,18)10-6-9(12)7-14-11(10)13/h6-8,15H,4-5H2,1-3H3. The molecule has 1 atom stereocenters. The van der Waals surface area contributed by atoms with Crippen LogP contribution in [0.3, 0.4) is 0 Å². The van der Waals surface area contributed by atoms with Crippen LogP contribution in [0, 0.1) is 0 Å². The molecule has 5 nitrogen and oxygen atoms in total. The lowest BCUT2D eigenvalue weighted by molar-refractivity contribution is 0.379. The number of aromatic nitrogens is 1. The molecule has 0 aliphatic carbocycles. The number of hydrogen-bond donors (Lipinski definition) is 1. The Morgan fingerprint density at radius 1 is 1.53 bits per heavy atom. The van der Waals surface area contributed by atoms with Crippen LogP contribution >= 0.6 is 27.5 Å². The van der Waals surface area contributed by atoms with Crippen LogP contribution in [0.5, 0.6) is 0 Å². The Morgan fingerprint density at radius 2 is 2.16 bits per heavy atom. The van der Waals surface area contributed by atoms with E-state index in [1.807, 2.05) is 25.9 Å². The van der Waals surface area contributed by atoms with Crippen molar-refractivity contribution in [2.45, 2.75) is 24.3 Å². The second kappa shape index (κ2) is 6.99. The van der Waals surface area contributed by atoms with E-state index in [1.54, 1.807) is 0 Å². The van der Waals surface area contributed by atoms with Crippen molar-refractivity contribution in [1.29, 1.82) is 0 Å². The molecule has 19 heavy (non-hydrogen) atoms. The molecule has 1 unspecified atom stereocenters. The van der Waals surface area contributed by atoms with Gasteiger partial charge in [0.2, 0.25) is 10.0 Å². The number of pyridine rings is 1. The Labute approximate surface area is 127 Å². The Bertz CT molecular complexity index is 537. The summed E-state index contributed by atoms with van der Waals surface area (Å²) in [4.78, 5) is 5.80. The highest BCUT2D eigenvalue weighted by Crippen LogP contribution is 2.22. The highest BCUT2D eigenvalue weighted by atomic mass is 79.9. The molecule has 0 fully saturated rings. The lowest BCUT2D eigenvalue weighted by Crippen LogP contribution is -2.35. The van der Waals surface area contributed by atoms with Gasteiger partial charge in [0.1, 0.15) is 10.0 Å². The molecule has 0 radical (unpaired) electrons. The fourth-order valence-electron chi connectivity index (χ4n) is 1.43. The summed E-state index contributed by atoms with van der Waals surface area (Å²) >= 11 is 9.02. The molecule has 0 aliphatic rings. The van der Waals surface area contributed by atoms with Gasteiger partial charge in [-0.2, -0.15) is 0 Å². The number of sulfonamides is 1. The predicted octanol–water partition coefficient (Wildman–Crippen LogP) is 2.12. The van der Waals surface area contributed by atoms with E-state index in [0.29, 0.717) is 10.9 Å². The number of nitrogens with zero attached hydrogens (tertiary/aromatic N) is 2. The molecular weight excluding hydrogens is 354 g/mol. The Hall–Kier alpha value is -0.210. The maximum atomic E-state index is 12.2. The van der Waals surface area contributed by atoms with E-state index >= 15 is 0 Å². The van der Waals surface area contributed by atoms with Crippen molar-refractivity contribution in [1.82, 2.24) is 14.6 Å². The second-order valence-electron chi connectivity index (χ2n) is 4.56. The number of rotatable bonds is 6. The first-order chi connectivity index (χ1) is 8.72. The molecule has 0 spiro atoms. The monoisotopic (exact) mass is 369 g/mol. The van der Waals surface area contributed by atoms with E-state index in [9.17, 15) is 8.42 Å². The van der Waals surface area contributed by atoms with Crippen LogP contribution in [0.15, 0.2) is 21.6 Å². The van der Waals surface area contributed by atoms with Crippen LogP contribution in [-0.4, -0.2) is 45.0 Å². The molecule has 1 aromatic heterocycles. The molecule has 1 aromatic rings. The summed E-state index contributed by atoms with van der Waals surface area (Å²) in [6, 6.07) is 1.26. The molecule has 108 valence electrons. The maximum absolute atomic E-state index is 12.2. The Morgan fingerprint density at radius 3 is 2.74 bits per heavy atom. The molecule has 0 saturated carbocycles. The average Bonchev–Trinajstić information content (AvgIpc) is 2.29. The van der Waals surface area contributed by atoms with Crippen LogP contribution in [-0.2, 0) is 10.0 Å². The topological polar surface area (TPSA) is 62.3 Å². The van der Waals surface area contributed by atoms with Gasteiger partial charge in [-0.3, -0.25) is 0 Å². The van der Waals surface area contributed by atoms with Crippen molar-refractivity contribution in [3.63, 3.8) is 0 Å². The maximum Gasteiger partial charge on any atom is 0.243 e. The number of halogens is 2. The van der Waals surface area contributed by atoms with Crippen LogP contribution in [0.4, 0.5) is 0 Å². The fourth-order valence-corrected chi connectivity index (χ4v) is 3.65. The van der Waals surface area contributed by atoms with Crippen molar-refractivity contribution >= 4 is 37.6 Å². The summed E-state index contributed by atoms with van der Waals surface area (Å²) in [5, 5.41) is -0.0319. The second-order valence-corrected chi connectivity index (χ2v) is 7.51. The summed E-state index contributed by atoms with van der Waals surface area (Å²) in [7, 11) is 0.228. The van der Waals surface area contributed by atoms with Crippen molar-refractivity contribution in [2.75, 3.05) is 20.6 Å². The zero-order valence-corrected chi connectivity index (χ0v) is 14.2. The van der Waals surface area contributed by atoms with Crippen LogP contribution in [0.25, 0.3) is 0 Å². The minimum Gasteiger partial charge on any atom is -0.309 e. The number of nitrogens with one attached hydrogen (secondary N) is 1. The van der Waals surface area contributed by atoms with Crippen molar-refractivity contribution in [3.05, 3.63) is 21.9 Å². The Kier molecular flexibility index (Phi) is 6.19. The van der Waals surface area contributed by atoms with Crippen molar-refractivity contribution in [3.8, 4) is 0 Å². The predicted molar refractivity (Wildman–Crippen MR) is 79.9 cm³/mol. The molecule has 1 rings (SSSR count). The number of hydrogen-bond acceptors (Lipinski definition) is 4. The fraction of sp³-hybridized carbons (Fsp3) is 0.545. The van der Waals surface area contributed by atoms with E-state index in [4.69, 9.17) is 11.6 Å². The first kappa shape index (κ1) is 16.8. The van der Waals surface area contributed by atoms with Gasteiger partial charge >= 0.3 is 0 Å². The van der Waals surface area contributed by atoms with E-state index in [0.717, 1.165) is 6.54 Å². The summed E-state index contributed by atoms with van der Waals surface area (Å²) in [6.07, 6.45) is 2.17. The summed E-state index contributed by atoms with van der Waals surface area (Å²) in [5.41, 5.74) is 0. The van der Waals surface area contributed by atoms with Crippen molar-refractivity contribution in [2.24, 2.45) is 0 Å². The van der Waals surface area contributed by atoms with Gasteiger partial charge in [-0.1, -0.05) is 11.6 Å². The van der Waals surface area contributed by atoms with Gasteiger partial charge in [0.25, 0.3) is 0 Å². The first-order valence-corrected chi connectivity index (χ1v) is 8.36. The quantitative estimate of drug-likeness (QED) is 0.779. The van der Waals surface area contributed by atoms with Gasteiger partial charge in [-0.05, 0) is 56.0 Å². The minimum absolute atomic E-state index is 0.0137. The van der Waals surface area contributed by atoms with Crippen LogP contribution in [0.2, 0.25) is 5.15 Å². The van der Waals surface area contributed by atoms with Gasteiger partial charge in [-0.15, -0.1) is 0 Å². The molecule has 0 amide bonds. The zero-order valence-electron chi connectivity index (χ0n) is 11.0. The highest BCUT2D eigenvalue weighted by Gasteiger charge is 2.21. The normalized spacial score (nSPS) is 13.8. The minimum atomic E-state index is -3.65. The lowest BCUT2D eigenvalue weighted by Gasteiger charge is -2.17. The molecule has 0 aromatic carbocycles. The van der Waals surface area contributed by atoms with Crippen LogP contribution < -0.4 is 4.72 Å². The smallest absolute Gasteiger partial charge is 0.243 e. The molecule has 1 N–H and O–H groups in total. The largest absolute Gasteiger partial charge is 0.309 e. The van der Waals surface area contributed by atoms with Gasteiger partial charge in [0, 0.05) is 16.7 Å². The third-order valence-corrected chi connectivity index (χ3v) is 4.88. The zero-order chi connectivity index (χ0) is 14.6. The summed E-state index contributed by atoms with van der Waals surface area (Å²) in [5.74, 6) is 0. The molecule has 8 heteroatoms. The molecule has 0 bridgehead atoms. The molecule has 0 aliphatic heterocycles.